The van der Waals surface area contributed by atoms with Crippen molar-refractivity contribution in [1.29, 1.82) is 0 Å². The monoisotopic (exact) mass is 330 g/mol. The van der Waals surface area contributed by atoms with Crippen molar-refractivity contribution in [2.45, 2.75) is 40.3 Å². The summed E-state index contributed by atoms with van der Waals surface area (Å²) in [5.74, 6) is 0.786. The zero-order valence-electron chi connectivity index (χ0n) is 14.8. The van der Waals surface area contributed by atoms with Crippen LogP contribution in [-0.4, -0.2) is 29.5 Å². The third-order valence-corrected chi connectivity index (χ3v) is 4.08. The molecule has 6 nitrogen and oxygen atoms in total. The van der Waals surface area contributed by atoms with Gasteiger partial charge in [-0.1, -0.05) is 12.1 Å². The molecule has 0 aliphatic rings. The molecule has 2 N–H and O–H groups in total. The summed E-state index contributed by atoms with van der Waals surface area (Å²) in [5.41, 5.74) is 4.42. The van der Waals surface area contributed by atoms with Crippen LogP contribution in [0.3, 0.4) is 0 Å². The standard InChI is InChI=1S/C18H26N4O2/c1-5-22-14(3)17(13(2)21-22)9-10-19-18(23)20-12-15-7-6-8-16(11-15)24-4/h6-8,11H,5,9-10,12H2,1-4H3,(H2,19,20,23). The number of nitrogens with zero attached hydrogens (tertiary/aromatic N) is 2. The number of nitrogens with one attached hydrogen (secondary N) is 2. The molecular weight excluding hydrogens is 304 g/mol. The van der Waals surface area contributed by atoms with E-state index < -0.39 is 0 Å². The van der Waals surface area contributed by atoms with E-state index in [2.05, 4.69) is 29.6 Å². The lowest BCUT2D eigenvalue weighted by Crippen LogP contribution is -2.36. The first-order valence-electron chi connectivity index (χ1n) is 8.22. The molecule has 0 aliphatic heterocycles. The van der Waals surface area contributed by atoms with E-state index in [1.807, 2.05) is 35.9 Å². The molecule has 1 aromatic carbocycles. The van der Waals surface area contributed by atoms with Crippen LogP contribution in [0.2, 0.25) is 0 Å². The minimum atomic E-state index is -0.170. The number of methoxy groups -OCH3 is 1. The number of urea groups is 1. The number of carbonyl (C=O) groups excluding carboxylic acids is 1. The summed E-state index contributed by atoms with van der Waals surface area (Å²) in [6.45, 7) is 8.07. The van der Waals surface area contributed by atoms with Crippen molar-refractivity contribution >= 4 is 6.03 Å². The van der Waals surface area contributed by atoms with Crippen LogP contribution in [0.5, 0.6) is 5.75 Å². The molecule has 130 valence electrons. The highest BCUT2D eigenvalue weighted by molar-refractivity contribution is 5.73. The zero-order chi connectivity index (χ0) is 17.5. The Kier molecular flexibility index (Phi) is 6.23. The predicted octanol–water partition coefficient (Wildman–Crippen LogP) is 2.57. The molecule has 0 unspecified atom stereocenters. The molecule has 0 radical (unpaired) electrons. The number of amides is 2. The normalized spacial score (nSPS) is 10.5. The van der Waals surface area contributed by atoms with E-state index in [-0.39, 0.29) is 6.03 Å². The van der Waals surface area contributed by atoms with Crippen molar-refractivity contribution in [3.8, 4) is 5.75 Å². The Morgan fingerprint density at radius 1 is 1.29 bits per heavy atom. The van der Waals surface area contributed by atoms with Gasteiger partial charge in [-0.3, -0.25) is 4.68 Å². The maximum absolute atomic E-state index is 11.9. The molecule has 0 saturated carbocycles. The van der Waals surface area contributed by atoms with Gasteiger partial charge < -0.3 is 15.4 Å². The summed E-state index contributed by atoms with van der Waals surface area (Å²) < 4.78 is 7.17. The van der Waals surface area contributed by atoms with Crippen LogP contribution in [0.4, 0.5) is 4.79 Å². The van der Waals surface area contributed by atoms with Crippen molar-refractivity contribution < 1.29 is 9.53 Å². The number of aryl methyl sites for hydroxylation is 2. The van der Waals surface area contributed by atoms with Gasteiger partial charge in [0.2, 0.25) is 0 Å². The Morgan fingerprint density at radius 2 is 2.08 bits per heavy atom. The highest BCUT2D eigenvalue weighted by atomic mass is 16.5. The third kappa shape index (κ3) is 4.50. The van der Waals surface area contributed by atoms with Gasteiger partial charge in [-0.25, -0.2) is 4.79 Å². The molecule has 24 heavy (non-hydrogen) atoms. The van der Waals surface area contributed by atoms with Crippen LogP contribution in [0, 0.1) is 13.8 Å². The molecule has 0 aliphatic carbocycles. The van der Waals surface area contributed by atoms with Crippen molar-refractivity contribution in [1.82, 2.24) is 20.4 Å². The molecule has 2 amide bonds. The summed E-state index contributed by atoms with van der Waals surface area (Å²) in [4.78, 5) is 11.9. The maximum atomic E-state index is 11.9. The predicted molar refractivity (Wildman–Crippen MR) is 94.3 cm³/mol. The van der Waals surface area contributed by atoms with E-state index in [1.54, 1.807) is 7.11 Å². The molecule has 6 heteroatoms. The van der Waals surface area contributed by atoms with Gasteiger partial charge in [0.1, 0.15) is 5.75 Å². The Morgan fingerprint density at radius 3 is 2.75 bits per heavy atom. The Hall–Kier alpha value is -2.50. The van der Waals surface area contributed by atoms with Gasteiger partial charge in [0.15, 0.2) is 0 Å². The van der Waals surface area contributed by atoms with Crippen molar-refractivity contribution in [3.05, 3.63) is 46.8 Å². The SMILES string of the molecule is CCn1nc(C)c(CCNC(=O)NCc2cccc(OC)c2)c1C. The molecule has 0 saturated heterocycles. The fraction of sp³-hybridized carbons (Fsp3) is 0.444. The summed E-state index contributed by atoms with van der Waals surface area (Å²) in [6, 6.07) is 7.48. The topological polar surface area (TPSA) is 68.2 Å². The van der Waals surface area contributed by atoms with E-state index in [1.165, 1.54) is 11.3 Å². The first-order chi connectivity index (χ1) is 11.5. The summed E-state index contributed by atoms with van der Waals surface area (Å²) >= 11 is 0. The van der Waals surface area contributed by atoms with Crippen LogP contribution >= 0.6 is 0 Å². The number of benzene rings is 1. The average Bonchev–Trinajstić information content (AvgIpc) is 2.87. The lowest BCUT2D eigenvalue weighted by molar-refractivity contribution is 0.240. The number of ether oxygens (including phenoxy) is 1. The van der Waals surface area contributed by atoms with Gasteiger partial charge in [0.05, 0.1) is 12.8 Å². The molecular formula is C18H26N4O2. The Bertz CT molecular complexity index is 694. The Labute approximate surface area is 143 Å². The molecule has 0 fully saturated rings. The first-order valence-corrected chi connectivity index (χ1v) is 8.22. The molecule has 1 heterocycles. The largest absolute Gasteiger partial charge is 0.497 e. The number of hydrogen-bond donors (Lipinski definition) is 2. The molecule has 1 aromatic heterocycles. The first kappa shape index (κ1) is 17.8. The molecule has 0 atom stereocenters. The van der Waals surface area contributed by atoms with Crippen LogP contribution in [0.25, 0.3) is 0 Å². The van der Waals surface area contributed by atoms with Crippen molar-refractivity contribution in [2.24, 2.45) is 0 Å². The van der Waals surface area contributed by atoms with Crippen molar-refractivity contribution in [2.75, 3.05) is 13.7 Å². The average molecular weight is 330 g/mol. The second-order valence-corrected chi connectivity index (χ2v) is 5.68. The number of hydrogen-bond acceptors (Lipinski definition) is 3. The number of carbonyl (C=O) groups is 1. The van der Waals surface area contributed by atoms with Gasteiger partial charge in [-0.2, -0.15) is 5.10 Å². The van der Waals surface area contributed by atoms with Gasteiger partial charge in [-0.15, -0.1) is 0 Å². The van der Waals surface area contributed by atoms with Crippen LogP contribution in [0.15, 0.2) is 24.3 Å². The Balaban J connectivity index is 1.78. The highest BCUT2D eigenvalue weighted by Crippen LogP contribution is 2.13. The third-order valence-electron chi connectivity index (χ3n) is 4.08. The smallest absolute Gasteiger partial charge is 0.315 e. The molecule has 0 spiro atoms. The highest BCUT2D eigenvalue weighted by Gasteiger charge is 2.10. The zero-order valence-corrected chi connectivity index (χ0v) is 14.8. The molecule has 2 rings (SSSR count). The van der Waals surface area contributed by atoms with Crippen LogP contribution in [-0.2, 0) is 19.5 Å². The lowest BCUT2D eigenvalue weighted by Gasteiger charge is -2.09. The molecule has 2 aromatic rings. The lowest BCUT2D eigenvalue weighted by atomic mass is 10.1. The minimum absolute atomic E-state index is 0.170. The van der Waals surface area contributed by atoms with E-state index in [4.69, 9.17) is 4.74 Å². The minimum Gasteiger partial charge on any atom is -0.497 e. The fourth-order valence-corrected chi connectivity index (χ4v) is 2.73. The van der Waals surface area contributed by atoms with Crippen LogP contribution < -0.4 is 15.4 Å². The second kappa shape index (κ2) is 8.38. The quantitative estimate of drug-likeness (QED) is 0.820. The van der Waals surface area contributed by atoms with E-state index in [9.17, 15) is 4.79 Å². The van der Waals surface area contributed by atoms with E-state index >= 15 is 0 Å². The fourth-order valence-electron chi connectivity index (χ4n) is 2.73. The number of aromatic nitrogens is 2. The summed E-state index contributed by atoms with van der Waals surface area (Å²) in [5, 5.41) is 10.2. The van der Waals surface area contributed by atoms with Gasteiger partial charge in [0.25, 0.3) is 0 Å². The van der Waals surface area contributed by atoms with Gasteiger partial charge in [-0.05, 0) is 50.5 Å². The second-order valence-electron chi connectivity index (χ2n) is 5.68. The van der Waals surface area contributed by atoms with Crippen LogP contribution in [0.1, 0.15) is 29.4 Å². The maximum Gasteiger partial charge on any atom is 0.315 e. The molecule has 0 bridgehead atoms. The van der Waals surface area contributed by atoms with Gasteiger partial charge in [0, 0.05) is 25.3 Å². The summed E-state index contributed by atoms with van der Waals surface area (Å²) in [6.07, 6.45) is 0.782. The van der Waals surface area contributed by atoms with E-state index in [0.29, 0.717) is 13.1 Å². The van der Waals surface area contributed by atoms with E-state index in [0.717, 1.165) is 30.0 Å². The summed E-state index contributed by atoms with van der Waals surface area (Å²) in [7, 11) is 1.63. The van der Waals surface area contributed by atoms with Gasteiger partial charge >= 0.3 is 6.03 Å². The van der Waals surface area contributed by atoms with Crippen molar-refractivity contribution in [3.63, 3.8) is 0 Å². The number of rotatable bonds is 7.